The average molecular weight is 382 g/mol. The molecule has 0 aliphatic carbocycles. The highest BCUT2D eigenvalue weighted by atomic mass is 35.5. The van der Waals surface area contributed by atoms with Crippen LogP contribution in [-0.2, 0) is 4.79 Å². The second-order valence-electron chi connectivity index (χ2n) is 5.58. The van der Waals surface area contributed by atoms with Crippen molar-refractivity contribution in [1.82, 2.24) is 5.32 Å². The fourth-order valence-electron chi connectivity index (χ4n) is 2.34. The summed E-state index contributed by atoms with van der Waals surface area (Å²) in [7, 11) is 0. The van der Waals surface area contributed by atoms with Crippen LogP contribution in [-0.4, -0.2) is 31.3 Å². The van der Waals surface area contributed by atoms with Gasteiger partial charge in [0, 0.05) is 5.02 Å². The zero-order chi connectivity index (χ0) is 17.8. The summed E-state index contributed by atoms with van der Waals surface area (Å²) in [5.74, 6) is 1.51. The van der Waals surface area contributed by atoms with Crippen molar-refractivity contribution in [2.24, 2.45) is 0 Å². The van der Waals surface area contributed by atoms with Crippen molar-refractivity contribution in [2.45, 2.75) is 19.1 Å². The number of para-hydroxylation sites is 2. The van der Waals surface area contributed by atoms with Crippen molar-refractivity contribution in [3.63, 3.8) is 0 Å². The van der Waals surface area contributed by atoms with Crippen LogP contribution in [0.15, 0.2) is 42.5 Å². The molecule has 132 valence electrons. The van der Waals surface area contributed by atoms with Gasteiger partial charge < -0.3 is 19.5 Å². The Bertz CT molecular complexity index is 768. The molecular weight excluding hydrogens is 365 g/mol. The summed E-state index contributed by atoms with van der Waals surface area (Å²) in [6, 6.07) is 12.3. The molecular formula is C18H17Cl2NO4. The monoisotopic (exact) mass is 381 g/mol. The molecule has 2 aromatic rings. The third kappa shape index (κ3) is 4.50. The summed E-state index contributed by atoms with van der Waals surface area (Å²) in [4.78, 5) is 12.2. The summed E-state index contributed by atoms with van der Waals surface area (Å²) < 4.78 is 17.0. The normalized spacial score (nSPS) is 16.8. The summed E-state index contributed by atoms with van der Waals surface area (Å²) in [5.41, 5.74) is 0. The number of ether oxygens (including phenoxy) is 3. The first-order valence-corrected chi connectivity index (χ1v) is 8.56. The molecule has 1 amide bonds. The molecule has 0 saturated carbocycles. The number of nitrogens with one attached hydrogen (secondary N) is 1. The van der Waals surface area contributed by atoms with Gasteiger partial charge in [0.25, 0.3) is 5.91 Å². The Balaban J connectivity index is 1.51. The van der Waals surface area contributed by atoms with Crippen LogP contribution in [0.5, 0.6) is 17.2 Å². The van der Waals surface area contributed by atoms with Crippen LogP contribution in [0.4, 0.5) is 0 Å². The van der Waals surface area contributed by atoms with E-state index in [9.17, 15) is 4.79 Å². The smallest absolute Gasteiger partial charge is 0.260 e. The minimum Gasteiger partial charge on any atom is -0.486 e. The maximum Gasteiger partial charge on any atom is 0.260 e. The maximum absolute atomic E-state index is 12.2. The van der Waals surface area contributed by atoms with Crippen LogP contribution < -0.4 is 19.5 Å². The molecule has 0 radical (unpaired) electrons. The Morgan fingerprint density at radius 1 is 1.28 bits per heavy atom. The fraction of sp³-hybridized carbons (Fsp3) is 0.278. The number of hydrogen-bond acceptors (Lipinski definition) is 4. The molecule has 1 N–H and O–H groups in total. The molecule has 0 bridgehead atoms. The lowest BCUT2D eigenvalue weighted by Gasteiger charge is -2.27. The summed E-state index contributed by atoms with van der Waals surface area (Å²) in [6.45, 7) is 2.33. The largest absolute Gasteiger partial charge is 0.486 e. The highest BCUT2D eigenvalue weighted by Crippen LogP contribution is 2.31. The summed E-state index contributed by atoms with van der Waals surface area (Å²) >= 11 is 11.9. The summed E-state index contributed by atoms with van der Waals surface area (Å²) in [6.07, 6.45) is -0.972. The van der Waals surface area contributed by atoms with Gasteiger partial charge in [-0.1, -0.05) is 35.3 Å². The predicted octanol–water partition coefficient (Wildman–Crippen LogP) is 3.72. The number of fused-ring (bicyclic) bond motifs is 1. The lowest BCUT2D eigenvalue weighted by atomic mass is 10.2. The van der Waals surface area contributed by atoms with Crippen molar-refractivity contribution in [2.75, 3.05) is 13.2 Å². The molecule has 0 spiro atoms. The summed E-state index contributed by atoms with van der Waals surface area (Å²) in [5, 5.41) is 3.65. The number of amides is 1. The van der Waals surface area contributed by atoms with E-state index in [2.05, 4.69) is 5.32 Å². The third-order valence-corrected chi connectivity index (χ3v) is 4.17. The highest BCUT2D eigenvalue weighted by Gasteiger charge is 2.23. The van der Waals surface area contributed by atoms with E-state index in [0.717, 1.165) is 0 Å². The van der Waals surface area contributed by atoms with E-state index in [-0.39, 0.29) is 12.0 Å². The Morgan fingerprint density at radius 3 is 2.80 bits per heavy atom. The maximum atomic E-state index is 12.2. The van der Waals surface area contributed by atoms with E-state index in [1.807, 2.05) is 24.3 Å². The van der Waals surface area contributed by atoms with Gasteiger partial charge in [-0.2, -0.15) is 0 Å². The molecule has 5 nitrogen and oxygen atoms in total. The predicted molar refractivity (Wildman–Crippen MR) is 95.9 cm³/mol. The van der Waals surface area contributed by atoms with Crippen LogP contribution in [0, 0.1) is 0 Å². The molecule has 1 aliphatic rings. The second-order valence-corrected chi connectivity index (χ2v) is 6.42. The molecule has 3 rings (SSSR count). The van der Waals surface area contributed by atoms with Crippen molar-refractivity contribution in [1.29, 1.82) is 0 Å². The minimum absolute atomic E-state index is 0.259. The topological polar surface area (TPSA) is 56.8 Å². The molecule has 25 heavy (non-hydrogen) atoms. The first kappa shape index (κ1) is 17.7. The van der Waals surface area contributed by atoms with Crippen LogP contribution in [0.25, 0.3) is 0 Å². The van der Waals surface area contributed by atoms with E-state index in [1.54, 1.807) is 25.1 Å². The fourth-order valence-corrected chi connectivity index (χ4v) is 2.79. The van der Waals surface area contributed by atoms with Crippen molar-refractivity contribution in [3.05, 3.63) is 52.5 Å². The van der Waals surface area contributed by atoms with Crippen molar-refractivity contribution in [3.8, 4) is 17.2 Å². The van der Waals surface area contributed by atoms with Gasteiger partial charge in [0.1, 0.15) is 18.5 Å². The minimum atomic E-state index is -0.713. The number of carbonyl (C=O) groups is 1. The first-order chi connectivity index (χ1) is 12.0. The number of carbonyl (C=O) groups excluding carboxylic acids is 1. The quantitative estimate of drug-likeness (QED) is 0.857. The van der Waals surface area contributed by atoms with Gasteiger partial charge in [-0.25, -0.2) is 0 Å². The van der Waals surface area contributed by atoms with Crippen molar-refractivity contribution < 1.29 is 19.0 Å². The average Bonchev–Trinajstić information content (AvgIpc) is 2.61. The number of halogens is 2. The Hall–Kier alpha value is -2.11. The van der Waals surface area contributed by atoms with Crippen LogP contribution in [0.1, 0.15) is 6.92 Å². The SMILES string of the molecule is C[C@H](Oc1ccc(Cl)cc1Cl)C(=O)NC[C@@H]1COc2ccccc2O1. The van der Waals surface area contributed by atoms with Gasteiger partial charge in [0.15, 0.2) is 17.6 Å². The lowest BCUT2D eigenvalue weighted by Crippen LogP contribution is -2.44. The molecule has 2 aromatic carbocycles. The van der Waals surface area contributed by atoms with Gasteiger partial charge in [-0.15, -0.1) is 0 Å². The van der Waals surface area contributed by atoms with Crippen molar-refractivity contribution >= 4 is 29.1 Å². The van der Waals surface area contributed by atoms with E-state index >= 15 is 0 Å². The second kappa shape index (κ2) is 7.85. The number of rotatable bonds is 5. The van der Waals surface area contributed by atoms with Crippen LogP contribution in [0.2, 0.25) is 10.0 Å². The molecule has 0 aromatic heterocycles. The van der Waals surface area contributed by atoms with Gasteiger partial charge >= 0.3 is 0 Å². The van der Waals surface area contributed by atoms with E-state index in [4.69, 9.17) is 37.4 Å². The zero-order valence-corrected chi connectivity index (χ0v) is 15.0. The molecule has 0 fully saturated rings. The Labute approximate surface area is 155 Å². The third-order valence-electron chi connectivity index (χ3n) is 3.64. The first-order valence-electron chi connectivity index (χ1n) is 7.81. The van der Waals surface area contributed by atoms with Gasteiger partial charge in [-0.3, -0.25) is 4.79 Å². The standard InChI is InChI=1S/C18H17Cl2NO4/c1-11(24-15-7-6-12(19)8-14(15)20)18(22)21-9-13-10-23-16-4-2-3-5-17(16)25-13/h2-8,11,13H,9-10H2,1H3,(H,21,22)/t11-,13+/m0/s1. The molecule has 1 heterocycles. The van der Waals surface area contributed by atoms with E-state index in [1.165, 1.54) is 0 Å². The number of benzene rings is 2. The zero-order valence-electron chi connectivity index (χ0n) is 13.5. The number of hydrogen-bond donors (Lipinski definition) is 1. The van der Waals surface area contributed by atoms with Gasteiger partial charge in [-0.05, 0) is 37.3 Å². The molecule has 2 atom stereocenters. The highest BCUT2D eigenvalue weighted by molar-refractivity contribution is 6.35. The molecule has 0 saturated heterocycles. The Morgan fingerprint density at radius 2 is 2.04 bits per heavy atom. The van der Waals surface area contributed by atoms with Gasteiger partial charge in [0.05, 0.1) is 11.6 Å². The van der Waals surface area contributed by atoms with Crippen LogP contribution in [0.3, 0.4) is 0 Å². The van der Waals surface area contributed by atoms with Gasteiger partial charge in [0.2, 0.25) is 0 Å². The van der Waals surface area contributed by atoms with E-state index in [0.29, 0.717) is 40.4 Å². The lowest BCUT2D eigenvalue weighted by molar-refractivity contribution is -0.127. The molecule has 0 unspecified atom stereocenters. The molecule has 7 heteroatoms. The Kier molecular flexibility index (Phi) is 5.56. The molecule has 1 aliphatic heterocycles. The van der Waals surface area contributed by atoms with E-state index < -0.39 is 6.10 Å². The van der Waals surface area contributed by atoms with Crippen LogP contribution >= 0.6 is 23.2 Å².